The fourth-order valence-electron chi connectivity index (χ4n) is 2.29. The molecule has 2 rings (SSSR count). The molecule has 0 aliphatic heterocycles. The van der Waals surface area contributed by atoms with Crippen LogP contribution < -0.4 is 25.8 Å². The summed E-state index contributed by atoms with van der Waals surface area (Å²) in [6, 6.07) is 15.2. The Morgan fingerprint density at radius 3 is 2.52 bits per heavy atom. The van der Waals surface area contributed by atoms with Crippen molar-refractivity contribution in [2.24, 2.45) is 10.7 Å². The van der Waals surface area contributed by atoms with Crippen LogP contribution in [0.4, 0.5) is 5.69 Å². The van der Waals surface area contributed by atoms with E-state index in [4.69, 9.17) is 15.2 Å². The summed E-state index contributed by atoms with van der Waals surface area (Å²) in [6.45, 7) is 0.495. The number of guanidine groups is 1. The Bertz CT molecular complexity index is 754. The Hall–Kier alpha value is -2.49. The first-order valence-corrected chi connectivity index (χ1v) is 8.22. The molecule has 0 aliphatic carbocycles. The molecule has 7 nitrogen and oxygen atoms in total. The Balaban J connectivity index is 0.00000364. The number of methoxy groups -OCH3 is 2. The Morgan fingerprint density at radius 2 is 1.85 bits per heavy atom. The van der Waals surface area contributed by atoms with E-state index in [1.807, 2.05) is 30.3 Å². The molecular weight excluding hydrogens is 459 g/mol. The maximum Gasteiger partial charge on any atom is 0.241 e. The van der Waals surface area contributed by atoms with E-state index in [0.29, 0.717) is 23.7 Å². The molecule has 0 unspecified atom stereocenters. The lowest BCUT2D eigenvalue weighted by Gasteiger charge is -2.12. The van der Waals surface area contributed by atoms with Crippen LogP contribution >= 0.6 is 24.0 Å². The second kappa shape index (κ2) is 12.0. The van der Waals surface area contributed by atoms with Gasteiger partial charge < -0.3 is 25.8 Å². The van der Waals surface area contributed by atoms with Crippen molar-refractivity contribution in [1.29, 1.82) is 0 Å². The number of nitrogens with one attached hydrogen (secondary N) is 2. The van der Waals surface area contributed by atoms with Crippen LogP contribution in [0, 0.1) is 0 Å². The normalized spacial score (nSPS) is 10.5. The largest absolute Gasteiger partial charge is 0.497 e. The minimum atomic E-state index is -0.191. The van der Waals surface area contributed by atoms with Crippen molar-refractivity contribution >= 4 is 41.5 Å². The maximum atomic E-state index is 11.9. The minimum absolute atomic E-state index is 0. The molecule has 0 bridgehead atoms. The van der Waals surface area contributed by atoms with Crippen LogP contribution in [0.3, 0.4) is 0 Å². The highest BCUT2D eigenvalue weighted by Gasteiger charge is 2.07. The number of halogens is 1. The van der Waals surface area contributed by atoms with E-state index in [1.54, 1.807) is 32.4 Å². The number of hydrogen-bond donors (Lipinski definition) is 3. The quantitative estimate of drug-likeness (QED) is 0.304. The molecule has 146 valence electrons. The number of aliphatic imine (C=N–C) groups is 1. The predicted octanol–water partition coefficient (Wildman–Crippen LogP) is 2.41. The molecule has 0 radical (unpaired) electrons. The summed E-state index contributed by atoms with van der Waals surface area (Å²) in [7, 11) is 3.13. The number of nitrogens with zero attached hydrogens (tertiary/aromatic N) is 1. The average Bonchev–Trinajstić information content (AvgIpc) is 2.67. The van der Waals surface area contributed by atoms with Crippen molar-refractivity contribution < 1.29 is 14.3 Å². The molecule has 0 fully saturated rings. The number of amides is 1. The van der Waals surface area contributed by atoms with Gasteiger partial charge in [-0.15, -0.1) is 24.0 Å². The van der Waals surface area contributed by atoms with E-state index >= 15 is 0 Å². The van der Waals surface area contributed by atoms with Crippen LogP contribution in [-0.2, 0) is 11.2 Å². The standard InChI is InChI=1S/C19H24N4O3.HI/c1-25-15-8-9-17(26-2)16(12-15)23-19(20)22-13-18(24)21-11-10-14-6-4-3-5-7-14;/h3-9,12H,10-11,13H2,1-2H3,(H,21,24)(H3,20,22,23);1H. The van der Waals surface area contributed by atoms with Gasteiger partial charge in [-0.05, 0) is 24.1 Å². The summed E-state index contributed by atoms with van der Waals surface area (Å²) < 4.78 is 10.4. The topological polar surface area (TPSA) is 98.0 Å². The van der Waals surface area contributed by atoms with Crippen LogP contribution in [0.1, 0.15) is 5.56 Å². The van der Waals surface area contributed by atoms with E-state index < -0.39 is 0 Å². The number of anilines is 1. The van der Waals surface area contributed by atoms with Crippen molar-refractivity contribution in [3.8, 4) is 11.5 Å². The number of carbonyl (C=O) groups excluding carboxylic acids is 1. The zero-order valence-electron chi connectivity index (χ0n) is 15.4. The third kappa shape index (κ3) is 7.73. The van der Waals surface area contributed by atoms with E-state index in [1.165, 1.54) is 5.56 Å². The zero-order valence-corrected chi connectivity index (χ0v) is 17.7. The highest BCUT2D eigenvalue weighted by molar-refractivity contribution is 14.0. The summed E-state index contributed by atoms with van der Waals surface area (Å²) in [5.74, 6) is 1.18. The molecule has 8 heteroatoms. The molecule has 2 aromatic carbocycles. The van der Waals surface area contributed by atoms with Crippen LogP contribution in [0.15, 0.2) is 53.5 Å². The lowest BCUT2D eigenvalue weighted by molar-refractivity contribution is -0.119. The van der Waals surface area contributed by atoms with E-state index in [-0.39, 0.29) is 42.4 Å². The van der Waals surface area contributed by atoms with Gasteiger partial charge >= 0.3 is 0 Å². The summed E-state index contributed by atoms with van der Waals surface area (Å²) in [5.41, 5.74) is 7.63. The number of carbonyl (C=O) groups is 1. The zero-order chi connectivity index (χ0) is 18.8. The SMILES string of the molecule is COc1ccc(OC)c(NC(N)=NCC(=O)NCCc2ccccc2)c1.I. The minimum Gasteiger partial charge on any atom is -0.497 e. The highest BCUT2D eigenvalue weighted by atomic mass is 127. The molecule has 27 heavy (non-hydrogen) atoms. The molecule has 0 aliphatic rings. The molecule has 0 atom stereocenters. The second-order valence-corrected chi connectivity index (χ2v) is 5.48. The van der Waals surface area contributed by atoms with Gasteiger partial charge in [-0.3, -0.25) is 4.79 Å². The van der Waals surface area contributed by atoms with Gasteiger partial charge in [-0.2, -0.15) is 0 Å². The third-order valence-corrected chi connectivity index (χ3v) is 3.64. The summed E-state index contributed by atoms with van der Waals surface area (Å²) in [6.07, 6.45) is 0.769. The summed E-state index contributed by atoms with van der Waals surface area (Å²) in [4.78, 5) is 15.9. The molecule has 0 spiro atoms. The van der Waals surface area contributed by atoms with Gasteiger partial charge in [0, 0.05) is 12.6 Å². The molecular formula is C19H25IN4O3. The first-order valence-electron chi connectivity index (χ1n) is 8.22. The van der Waals surface area contributed by atoms with Gasteiger partial charge in [0.1, 0.15) is 18.0 Å². The lowest BCUT2D eigenvalue weighted by Crippen LogP contribution is -2.30. The number of nitrogens with two attached hydrogens (primary N) is 1. The van der Waals surface area contributed by atoms with E-state index in [9.17, 15) is 4.79 Å². The fraction of sp³-hybridized carbons (Fsp3) is 0.263. The number of hydrogen-bond acceptors (Lipinski definition) is 4. The van der Waals surface area contributed by atoms with Crippen LogP contribution in [0.2, 0.25) is 0 Å². The van der Waals surface area contributed by atoms with E-state index in [2.05, 4.69) is 15.6 Å². The molecule has 0 saturated carbocycles. The van der Waals surface area contributed by atoms with Crippen molar-refractivity contribution in [3.05, 3.63) is 54.1 Å². The molecule has 1 amide bonds. The van der Waals surface area contributed by atoms with Crippen LogP contribution in [0.5, 0.6) is 11.5 Å². The Morgan fingerprint density at radius 1 is 1.11 bits per heavy atom. The molecule has 0 saturated heterocycles. The molecule has 0 heterocycles. The first kappa shape index (κ1) is 22.6. The Kier molecular flexibility index (Phi) is 10.0. The summed E-state index contributed by atoms with van der Waals surface area (Å²) in [5, 5.41) is 5.73. The molecule has 0 aromatic heterocycles. The van der Waals surface area contributed by atoms with Gasteiger partial charge in [-0.1, -0.05) is 30.3 Å². The van der Waals surface area contributed by atoms with Crippen LogP contribution in [-0.4, -0.2) is 39.2 Å². The summed E-state index contributed by atoms with van der Waals surface area (Å²) >= 11 is 0. The number of benzene rings is 2. The monoisotopic (exact) mass is 484 g/mol. The van der Waals surface area contributed by atoms with Crippen molar-refractivity contribution in [1.82, 2.24) is 5.32 Å². The Labute approximate surface area is 176 Å². The number of rotatable bonds is 8. The van der Waals surface area contributed by atoms with Crippen molar-refractivity contribution in [2.75, 3.05) is 32.6 Å². The van der Waals surface area contributed by atoms with Gasteiger partial charge in [0.15, 0.2) is 5.96 Å². The smallest absolute Gasteiger partial charge is 0.241 e. The van der Waals surface area contributed by atoms with E-state index in [0.717, 1.165) is 6.42 Å². The molecule has 4 N–H and O–H groups in total. The predicted molar refractivity (Wildman–Crippen MR) is 118 cm³/mol. The fourth-order valence-corrected chi connectivity index (χ4v) is 2.29. The first-order chi connectivity index (χ1) is 12.6. The van der Waals surface area contributed by atoms with Gasteiger partial charge in [0.05, 0.1) is 19.9 Å². The van der Waals surface area contributed by atoms with Gasteiger partial charge in [0.25, 0.3) is 0 Å². The van der Waals surface area contributed by atoms with Gasteiger partial charge in [-0.25, -0.2) is 4.99 Å². The van der Waals surface area contributed by atoms with Gasteiger partial charge in [0.2, 0.25) is 5.91 Å². The average molecular weight is 484 g/mol. The third-order valence-electron chi connectivity index (χ3n) is 3.64. The molecule has 2 aromatic rings. The van der Waals surface area contributed by atoms with Crippen LogP contribution in [0.25, 0.3) is 0 Å². The lowest BCUT2D eigenvalue weighted by atomic mass is 10.1. The number of ether oxygens (including phenoxy) is 2. The van der Waals surface area contributed by atoms with Crippen molar-refractivity contribution in [3.63, 3.8) is 0 Å². The highest BCUT2D eigenvalue weighted by Crippen LogP contribution is 2.28. The maximum absolute atomic E-state index is 11.9. The van der Waals surface area contributed by atoms with Crippen molar-refractivity contribution in [2.45, 2.75) is 6.42 Å². The second-order valence-electron chi connectivity index (χ2n) is 5.48.